The van der Waals surface area contributed by atoms with Crippen LogP contribution in [0.2, 0.25) is 0 Å². The summed E-state index contributed by atoms with van der Waals surface area (Å²) in [6.07, 6.45) is 3.76. The van der Waals surface area contributed by atoms with Gasteiger partial charge in [-0.25, -0.2) is 4.39 Å². The van der Waals surface area contributed by atoms with Crippen LogP contribution in [-0.4, -0.2) is 42.6 Å². The predicted octanol–water partition coefficient (Wildman–Crippen LogP) is 0.360. The first-order valence-electron chi connectivity index (χ1n) is 6.23. The van der Waals surface area contributed by atoms with Crippen LogP contribution in [0.15, 0.2) is 34.8 Å². The Morgan fingerprint density at radius 3 is 2.89 bits per heavy atom. The summed E-state index contributed by atoms with van der Waals surface area (Å²) in [5.41, 5.74) is 2.34. The maximum Gasteiger partial charge on any atom is 0.146 e. The molecule has 0 aromatic rings. The highest BCUT2D eigenvalue weighted by Crippen LogP contribution is 2.24. The predicted molar refractivity (Wildman–Crippen MR) is 67.5 cm³/mol. The monoisotopic (exact) mass is 254 g/mol. The molecule has 0 aromatic carbocycles. The van der Waals surface area contributed by atoms with Crippen molar-refractivity contribution in [2.45, 2.75) is 18.9 Å². The lowest BCUT2D eigenvalue weighted by molar-refractivity contribution is 0.0949. The van der Waals surface area contributed by atoms with Crippen molar-refractivity contribution in [1.29, 1.82) is 0 Å². The van der Waals surface area contributed by atoms with Crippen LogP contribution in [0.5, 0.6) is 0 Å². The Labute approximate surface area is 106 Å². The SMILES string of the molecule is OC[C@H](O)CC1=CC(F)=C(C2=CCNCC2)NC1. The van der Waals surface area contributed by atoms with E-state index in [2.05, 4.69) is 10.6 Å². The number of hydrogen-bond donors (Lipinski definition) is 4. The first-order valence-corrected chi connectivity index (χ1v) is 6.23. The number of rotatable bonds is 4. The zero-order valence-corrected chi connectivity index (χ0v) is 10.2. The largest absolute Gasteiger partial charge is 0.394 e. The molecule has 0 unspecified atom stereocenters. The Hall–Kier alpha value is -1.17. The van der Waals surface area contributed by atoms with E-state index in [1.165, 1.54) is 6.08 Å². The summed E-state index contributed by atoms with van der Waals surface area (Å²) in [4.78, 5) is 0. The van der Waals surface area contributed by atoms with Crippen molar-refractivity contribution in [3.63, 3.8) is 0 Å². The molecule has 2 aliphatic rings. The fourth-order valence-electron chi connectivity index (χ4n) is 2.20. The van der Waals surface area contributed by atoms with Gasteiger partial charge in [0.05, 0.1) is 18.4 Å². The van der Waals surface area contributed by atoms with Gasteiger partial charge in [-0.1, -0.05) is 6.08 Å². The smallest absolute Gasteiger partial charge is 0.146 e. The highest BCUT2D eigenvalue weighted by atomic mass is 19.1. The van der Waals surface area contributed by atoms with Crippen LogP contribution in [-0.2, 0) is 0 Å². The zero-order valence-electron chi connectivity index (χ0n) is 10.2. The number of halogens is 1. The van der Waals surface area contributed by atoms with Crippen LogP contribution in [0.3, 0.4) is 0 Å². The van der Waals surface area contributed by atoms with E-state index in [-0.39, 0.29) is 12.4 Å². The van der Waals surface area contributed by atoms with Gasteiger partial charge in [0.25, 0.3) is 0 Å². The Morgan fingerprint density at radius 1 is 1.44 bits per heavy atom. The molecule has 2 heterocycles. The van der Waals surface area contributed by atoms with Gasteiger partial charge >= 0.3 is 0 Å². The van der Waals surface area contributed by atoms with Gasteiger partial charge < -0.3 is 20.8 Å². The quantitative estimate of drug-likeness (QED) is 0.585. The maximum atomic E-state index is 14.0. The average Bonchev–Trinajstić information content (AvgIpc) is 2.40. The van der Waals surface area contributed by atoms with E-state index in [0.717, 1.165) is 30.7 Å². The number of dihydropyridines is 1. The molecule has 1 atom stereocenters. The van der Waals surface area contributed by atoms with Gasteiger partial charge in [-0.05, 0) is 36.6 Å². The summed E-state index contributed by atoms with van der Waals surface area (Å²) in [6.45, 7) is 1.86. The van der Waals surface area contributed by atoms with E-state index < -0.39 is 6.10 Å². The van der Waals surface area contributed by atoms with Crippen molar-refractivity contribution in [2.75, 3.05) is 26.2 Å². The molecule has 0 spiro atoms. The first-order chi connectivity index (χ1) is 8.70. The topological polar surface area (TPSA) is 64.5 Å². The maximum absolute atomic E-state index is 14.0. The first kappa shape index (κ1) is 13.3. The Balaban J connectivity index is 2.09. The second-order valence-corrected chi connectivity index (χ2v) is 4.60. The van der Waals surface area contributed by atoms with E-state index in [4.69, 9.17) is 5.11 Å². The molecule has 4 N–H and O–H groups in total. The van der Waals surface area contributed by atoms with Crippen molar-refractivity contribution < 1.29 is 14.6 Å². The second-order valence-electron chi connectivity index (χ2n) is 4.60. The molecular formula is C13H19FN2O2. The zero-order chi connectivity index (χ0) is 13.0. The van der Waals surface area contributed by atoms with Gasteiger partial charge in [-0.2, -0.15) is 0 Å². The fourth-order valence-corrected chi connectivity index (χ4v) is 2.20. The van der Waals surface area contributed by atoms with Crippen molar-refractivity contribution in [1.82, 2.24) is 10.6 Å². The summed E-state index contributed by atoms with van der Waals surface area (Å²) >= 11 is 0. The highest BCUT2D eigenvalue weighted by Gasteiger charge is 2.18. The molecule has 0 aromatic heterocycles. The Morgan fingerprint density at radius 2 is 2.28 bits per heavy atom. The molecule has 0 radical (unpaired) electrons. The van der Waals surface area contributed by atoms with Crippen LogP contribution in [0.1, 0.15) is 12.8 Å². The van der Waals surface area contributed by atoms with Crippen molar-refractivity contribution in [2.24, 2.45) is 0 Å². The molecule has 2 rings (SSSR count). The third kappa shape index (κ3) is 3.19. The summed E-state index contributed by atoms with van der Waals surface area (Å²) in [5.74, 6) is -0.283. The third-order valence-electron chi connectivity index (χ3n) is 3.16. The summed E-state index contributed by atoms with van der Waals surface area (Å²) in [7, 11) is 0. The molecular weight excluding hydrogens is 235 g/mol. The lowest BCUT2D eigenvalue weighted by atomic mass is 9.99. The molecule has 0 aliphatic carbocycles. The van der Waals surface area contributed by atoms with E-state index in [1.54, 1.807) is 0 Å². The summed E-state index contributed by atoms with van der Waals surface area (Å²) < 4.78 is 14.0. The standard InChI is InChI=1S/C13H19FN2O2/c14-12-6-9(5-11(18)8-17)7-16-13(12)10-1-3-15-4-2-10/h1,6,11,15-18H,2-5,7-8H2/t11-/m1/s1. The van der Waals surface area contributed by atoms with E-state index in [0.29, 0.717) is 18.7 Å². The van der Waals surface area contributed by atoms with Crippen LogP contribution in [0.25, 0.3) is 0 Å². The average molecular weight is 254 g/mol. The molecule has 18 heavy (non-hydrogen) atoms. The molecule has 0 saturated heterocycles. The Bertz CT molecular complexity index is 402. The Kier molecular flexibility index (Phi) is 4.52. The summed E-state index contributed by atoms with van der Waals surface area (Å²) in [5, 5.41) is 24.4. The van der Waals surface area contributed by atoms with Gasteiger partial charge in [0.1, 0.15) is 5.83 Å². The van der Waals surface area contributed by atoms with Gasteiger partial charge in [0.2, 0.25) is 0 Å². The number of aliphatic hydroxyl groups excluding tert-OH is 2. The highest BCUT2D eigenvalue weighted by molar-refractivity contribution is 5.41. The molecule has 0 fully saturated rings. The summed E-state index contributed by atoms with van der Waals surface area (Å²) in [6, 6.07) is 0. The number of hydrogen-bond acceptors (Lipinski definition) is 4. The lowest BCUT2D eigenvalue weighted by Crippen LogP contribution is -2.29. The third-order valence-corrected chi connectivity index (χ3v) is 3.16. The van der Waals surface area contributed by atoms with Crippen LogP contribution in [0, 0.1) is 0 Å². The number of aliphatic hydroxyl groups is 2. The van der Waals surface area contributed by atoms with Crippen LogP contribution >= 0.6 is 0 Å². The van der Waals surface area contributed by atoms with Crippen LogP contribution < -0.4 is 10.6 Å². The molecule has 0 bridgehead atoms. The second kappa shape index (κ2) is 6.13. The minimum Gasteiger partial charge on any atom is -0.394 e. The van der Waals surface area contributed by atoms with Crippen molar-refractivity contribution in [3.8, 4) is 0 Å². The molecule has 5 heteroatoms. The molecule has 0 saturated carbocycles. The molecule has 4 nitrogen and oxygen atoms in total. The molecule has 0 amide bonds. The van der Waals surface area contributed by atoms with Gasteiger partial charge in [0.15, 0.2) is 0 Å². The van der Waals surface area contributed by atoms with Crippen molar-refractivity contribution >= 4 is 0 Å². The van der Waals surface area contributed by atoms with E-state index in [9.17, 15) is 9.50 Å². The fraction of sp³-hybridized carbons (Fsp3) is 0.538. The van der Waals surface area contributed by atoms with Gasteiger partial charge in [-0.15, -0.1) is 0 Å². The normalized spacial score (nSPS) is 22.2. The molecule has 2 aliphatic heterocycles. The van der Waals surface area contributed by atoms with Gasteiger partial charge in [-0.3, -0.25) is 0 Å². The van der Waals surface area contributed by atoms with E-state index in [1.807, 2.05) is 6.08 Å². The number of allylic oxidation sites excluding steroid dienone is 3. The lowest BCUT2D eigenvalue weighted by Gasteiger charge is -2.23. The van der Waals surface area contributed by atoms with E-state index >= 15 is 0 Å². The minimum absolute atomic E-state index is 0.283. The van der Waals surface area contributed by atoms with Gasteiger partial charge in [0, 0.05) is 13.1 Å². The molecule has 100 valence electrons. The van der Waals surface area contributed by atoms with Crippen LogP contribution in [0.4, 0.5) is 4.39 Å². The van der Waals surface area contributed by atoms with Crippen molar-refractivity contribution in [3.05, 3.63) is 34.8 Å². The minimum atomic E-state index is -0.814. The number of nitrogens with one attached hydrogen (secondary N) is 2.